The Morgan fingerprint density at radius 3 is 2.56 bits per heavy atom. The van der Waals surface area contributed by atoms with Crippen molar-refractivity contribution >= 4 is 11.6 Å². The predicted octanol–water partition coefficient (Wildman–Crippen LogP) is 4.32. The van der Waals surface area contributed by atoms with Crippen molar-refractivity contribution in [3.63, 3.8) is 0 Å². The van der Waals surface area contributed by atoms with Crippen LogP contribution in [0.2, 0.25) is 5.02 Å². The summed E-state index contributed by atoms with van der Waals surface area (Å²) in [5.74, 6) is 0.434. The van der Waals surface area contributed by atoms with E-state index in [1.165, 1.54) is 18.2 Å². The molecule has 0 heterocycles. The summed E-state index contributed by atoms with van der Waals surface area (Å²) in [5, 5.41) is 9.81. The summed E-state index contributed by atoms with van der Waals surface area (Å²) in [6.07, 6.45) is -0.652. The largest absolute Gasteiger partial charge is 0.455 e. The van der Waals surface area contributed by atoms with E-state index < -0.39 is 11.9 Å². The highest BCUT2D eigenvalue weighted by atomic mass is 35.5. The lowest BCUT2D eigenvalue weighted by molar-refractivity contribution is 0.195. The first kappa shape index (κ1) is 12.9. The molecule has 94 valence electrons. The number of hydrogen-bond donors (Lipinski definition) is 1. The highest BCUT2D eigenvalue weighted by molar-refractivity contribution is 6.32. The molecule has 2 aromatic carbocycles. The normalized spacial score (nSPS) is 12.2. The van der Waals surface area contributed by atoms with Crippen molar-refractivity contribution < 1.29 is 14.2 Å². The maximum atomic E-state index is 12.9. The van der Waals surface area contributed by atoms with Crippen molar-refractivity contribution in [1.82, 2.24) is 0 Å². The third-order valence-corrected chi connectivity index (χ3v) is 2.78. The molecule has 4 heteroatoms. The fourth-order valence-corrected chi connectivity index (χ4v) is 1.80. The SMILES string of the molecule is CC(O)c1ccccc1Oc1ccc(F)cc1Cl. The van der Waals surface area contributed by atoms with Crippen molar-refractivity contribution in [3.05, 3.63) is 58.9 Å². The fraction of sp³-hybridized carbons (Fsp3) is 0.143. The van der Waals surface area contributed by atoms with Crippen molar-refractivity contribution in [2.45, 2.75) is 13.0 Å². The molecule has 2 aromatic rings. The van der Waals surface area contributed by atoms with Crippen LogP contribution in [0.15, 0.2) is 42.5 Å². The summed E-state index contributed by atoms with van der Waals surface area (Å²) < 4.78 is 18.5. The molecule has 2 rings (SSSR count). The molecule has 0 radical (unpaired) electrons. The van der Waals surface area contributed by atoms with Crippen LogP contribution in [0, 0.1) is 5.82 Å². The summed E-state index contributed by atoms with van der Waals surface area (Å²) in [5.41, 5.74) is 0.651. The van der Waals surface area contributed by atoms with Gasteiger partial charge in [0, 0.05) is 5.56 Å². The lowest BCUT2D eigenvalue weighted by Crippen LogP contribution is -1.96. The Labute approximate surface area is 110 Å². The van der Waals surface area contributed by atoms with Gasteiger partial charge in [-0.1, -0.05) is 29.8 Å². The number of benzene rings is 2. The molecule has 2 nitrogen and oxygen atoms in total. The molecule has 1 N–H and O–H groups in total. The first-order valence-corrected chi connectivity index (χ1v) is 5.85. The van der Waals surface area contributed by atoms with Gasteiger partial charge in [-0.2, -0.15) is 0 Å². The molecular weight excluding hydrogens is 255 g/mol. The summed E-state index contributed by atoms with van der Waals surface area (Å²) in [4.78, 5) is 0. The van der Waals surface area contributed by atoms with E-state index in [2.05, 4.69) is 0 Å². The molecule has 0 saturated carbocycles. The lowest BCUT2D eigenvalue weighted by atomic mass is 10.1. The molecule has 0 aliphatic carbocycles. The molecule has 0 bridgehead atoms. The zero-order chi connectivity index (χ0) is 13.1. The van der Waals surface area contributed by atoms with Gasteiger partial charge >= 0.3 is 0 Å². The van der Waals surface area contributed by atoms with E-state index in [-0.39, 0.29) is 5.02 Å². The predicted molar refractivity (Wildman–Crippen MR) is 68.6 cm³/mol. The van der Waals surface area contributed by atoms with E-state index in [1.807, 2.05) is 0 Å². The standard InChI is InChI=1S/C14H12ClFO2/c1-9(17)11-4-2-3-5-13(11)18-14-7-6-10(16)8-12(14)15/h2-9,17H,1H3. The van der Waals surface area contributed by atoms with Gasteiger partial charge in [0.2, 0.25) is 0 Å². The van der Waals surface area contributed by atoms with E-state index in [4.69, 9.17) is 16.3 Å². The molecule has 0 amide bonds. The third kappa shape index (κ3) is 2.81. The van der Waals surface area contributed by atoms with Gasteiger partial charge in [-0.3, -0.25) is 0 Å². The van der Waals surface area contributed by atoms with E-state index in [1.54, 1.807) is 31.2 Å². The smallest absolute Gasteiger partial charge is 0.146 e. The maximum Gasteiger partial charge on any atom is 0.146 e. The number of halogens is 2. The Hall–Kier alpha value is -1.58. The number of para-hydroxylation sites is 1. The topological polar surface area (TPSA) is 29.5 Å². The number of rotatable bonds is 3. The van der Waals surface area contributed by atoms with Crippen LogP contribution < -0.4 is 4.74 Å². The summed E-state index contributed by atoms with van der Waals surface area (Å²) in [7, 11) is 0. The van der Waals surface area contributed by atoms with Gasteiger partial charge in [-0.25, -0.2) is 4.39 Å². The highest BCUT2D eigenvalue weighted by Gasteiger charge is 2.11. The Bertz CT molecular complexity index is 555. The second kappa shape index (κ2) is 5.38. The highest BCUT2D eigenvalue weighted by Crippen LogP contribution is 2.33. The Kier molecular flexibility index (Phi) is 3.84. The van der Waals surface area contributed by atoms with Crippen LogP contribution in [0.3, 0.4) is 0 Å². The molecule has 1 atom stereocenters. The number of aliphatic hydroxyl groups is 1. The average molecular weight is 267 g/mol. The number of hydrogen-bond acceptors (Lipinski definition) is 2. The monoisotopic (exact) mass is 266 g/mol. The van der Waals surface area contributed by atoms with E-state index >= 15 is 0 Å². The van der Waals surface area contributed by atoms with Crippen molar-refractivity contribution in [2.75, 3.05) is 0 Å². The van der Waals surface area contributed by atoms with Crippen LogP contribution in [-0.2, 0) is 0 Å². The third-order valence-electron chi connectivity index (χ3n) is 2.48. The summed E-state index contributed by atoms with van der Waals surface area (Å²) in [6, 6.07) is 11.0. The van der Waals surface area contributed by atoms with E-state index in [0.717, 1.165) is 0 Å². The van der Waals surface area contributed by atoms with Crippen LogP contribution in [0.1, 0.15) is 18.6 Å². The van der Waals surface area contributed by atoms with Crippen molar-refractivity contribution in [1.29, 1.82) is 0 Å². The van der Waals surface area contributed by atoms with Crippen LogP contribution in [0.4, 0.5) is 4.39 Å². The van der Waals surface area contributed by atoms with Gasteiger partial charge in [0.25, 0.3) is 0 Å². The van der Waals surface area contributed by atoms with Gasteiger partial charge in [-0.15, -0.1) is 0 Å². The number of ether oxygens (including phenoxy) is 1. The van der Waals surface area contributed by atoms with Gasteiger partial charge in [0.1, 0.15) is 17.3 Å². The first-order chi connectivity index (χ1) is 8.58. The summed E-state index contributed by atoms with van der Waals surface area (Å²) >= 11 is 5.88. The molecule has 0 saturated heterocycles. The van der Waals surface area contributed by atoms with Crippen LogP contribution in [-0.4, -0.2) is 5.11 Å². The minimum Gasteiger partial charge on any atom is -0.455 e. The second-order valence-electron chi connectivity index (χ2n) is 3.89. The van der Waals surface area contributed by atoms with Crippen molar-refractivity contribution in [2.24, 2.45) is 0 Å². The lowest BCUT2D eigenvalue weighted by Gasteiger charge is -2.13. The molecule has 0 fully saturated rings. The zero-order valence-corrected chi connectivity index (χ0v) is 10.5. The maximum absolute atomic E-state index is 12.9. The Morgan fingerprint density at radius 1 is 1.17 bits per heavy atom. The molecule has 0 spiro atoms. The molecule has 0 aliphatic heterocycles. The molecular formula is C14H12ClFO2. The van der Waals surface area contributed by atoms with Crippen molar-refractivity contribution in [3.8, 4) is 11.5 Å². The van der Waals surface area contributed by atoms with Gasteiger partial charge in [0.15, 0.2) is 0 Å². The minimum absolute atomic E-state index is 0.190. The average Bonchev–Trinajstić information content (AvgIpc) is 2.33. The second-order valence-corrected chi connectivity index (χ2v) is 4.30. The molecule has 0 aliphatic rings. The van der Waals surface area contributed by atoms with Gasteiger partial charge in [0.05, 0.1) is 11.1 Å². The van der Waals surface area contributed by atoms with Gasteiger partial charge < -0.3 is 9.84 Å². The Balaban J connectivity index is 2.34. The first-order valence-electron chi connectivity index (χ1n) is 5.48. The quantitative estimate of drug-likeness (QED) is 0.896. The minimum atomic E-state index is -0.652. The van der Waals surface area contributed by atoms with Crippen LogP contribution in [0.5, 0.6) is 11.5 Å². The summed E-state index contributed by atoms with van der Waals surface area (Å²) in [6.45, 7) is 1.65. The van der Waals surface area contributed by atoms with Gasteiger partial charge in [-0.05, 0) is 31.2 Å². The zero-order valence-electron chi connectivity index (χ0n) is 9.73. The van der Waals surface area contributed by atoms with Crippen LogP contribution in [0.25, 0.3) is 0 Å². The number of aliphatic hydroxyl groups excluding tert-OH is 1. The van der Waals surface area contributed by atoms with E-state index in [9.17, 15) is 9.50 Å². The Morgan fingerprint density at radius 2 is 1.89 bits per heavy atom. The molecule has 1 unspecified atom stereocenters. The molecule has 18 heavy (non-hydrogen) atoms. The molecule has 0 aromatic heterocycles. The fourth-order valence-electron chi connectivity index (χ4n) is 1.60. The van der Waals surface area contributed by atoms with E-state index in [0.29, 0.717) is 17.1 Å². The van der Waals surface area contributed by atoms with Crippen LogP contribution >= 0.6 is 11.6 Å².